The lowest BCUT2D eigenvalue weighted by Gasteiger charge is -2.28. The van der Waals surface area contributed by atoms with Crippen LogP contribution in [0.1, 0.15) is 89.3 Å². The van der Waals surface area contributed by atoms with E-state index in [0.717, 1.165) is 97.1 Å². The fourth-order valence-corrected chi connectivity index (χ4v) is 12.4. The van der Waals surface area contributed by atoms with Crippen LogP contribution in [0.2, 0.25) is 0 Å². The van der Waals surface area contributed by atoms with Gasteiger partial charge in [-0.3, -0.25) is 18.7 Å². The lowest BCUT2D eigenvalue weighted by molar-refractivity contribution is -0.437. The number of hydrogen-bond acceptors (Lipinski definition) is 10. The van der Waals surface area contributed by atoms with Crippen molar-refractivity contribution >= 4 is 89.0 Å². The first-order valence-corrected chi connectivity index (χ1v) is 28.8. The molecule has 6 N–H and O–H groups in total. The van der Waals surface area contributed by atoms with Crippen molar-refractivity contribution in [2.75, 3.05) is 47.9 Å². The molecule has 5 aromatic carbocycles. The Labute approximate surface area is 439 Å². The number of anilines is 2. The molecule has 9 rings (SSSR count). The number of nitrogens with one attached hydrogen (secondary N) is 3. The number of allylic oxidation sites excluding steroid dienone is 7. The summed E-state index contributed by atoms with van der Waals surface area (Å²) in [7, 11) is -9.42. The Morgan fingerprint density at radius 3 is 2.19 bits per heavy atom. The molecule has 1 aliphatic carbocycles. The summed E-state index contributed by atoms with van der Waals surface area (Å²) in [5.41, 5.74) is 10.1. The highest BCUT2D eigenvalue weighted by Crippen LogP contribution is 2.51. The second-order valence-corrected chi connectivity index (χ2v) is 24.0. The third kappa shape index (κ3) is 11.7. The molecule has 75 heavy (non-hydrogen) atoms. The van der Waals surface area contributed by atoms with E-state index in [2.05, 4.69) is 126 Å². The first kappa shape index (κ1) is 53.4. The van der Waals surface area contributed by atoms with Crippen LogP contribution in [-0.2, 0) is 51.9 Å². The molecule has 15 nitrogen and oxygen atoms in total. The summed E-state index contributed by atoms with van der Waals surface area (Å²) in [6, 6.07) is 30.0. The normalized spacial score (nSPS) is 18.2. The van der Waals surface area contributed by atoms with E-state index in [-0.39, 0.29) is 55.5 Å². The molecule has 0 atom stereocenters. The van der Waals surface area contributed by atoms with Gasteiger partial charge in [-0.15, -0.1) is 0 Å². The van der Waals surface area contributed by atoms with Crippen molar-refractivity contribution in [3.63, 3.8) is 0 Å². The minimum Gasteiger partial charge on any atom is -0.423 e. The summed E-state index contributed by atoms with van der Waals surface area (Å²) in [5.74, 6) is -1.36. The number of rotatable bonds is 19. The number of carbonyl (C=O) groups is 2. The zero-order valence-corrected chi connectivity index (χ0v) is 44.5. The van der Waals surface area contributed by atoms with Crippen LogP contribution in [0.4, 0.5) is 17.1 Å². The molecule has 392 valence electrons. The number of benzene rings is 5. The van der Waals surface area contributed by atoms with Gasteiger partial charge in [0.1, 0.15) is 6.54 Å². The molecule has 3 heterocycles. The Morgan fingerprint density at radius 2 is 1.45 bits per heavy atom. The summed E-state index contributed by atoms with van der Waals surface area (Å²) in [4.78, 5) is 28.2. The van der Waals surface area contributed by atoms with Crippen molar-refractivity contribution < 1.29 is 49.8 Å². The molecule has 0 saturated carbocycles. The Bertz CT molecular complexity index is 3490. The highest BCUT2D eigenvalue weighted by Gasteiger charge is 2.46. The molecule has 0 fully saturated rings. The lowest BCUT2D eigenvalue weighted by atomic mass is 9.78. The van der Waals surface area contributed by atoms with Gasteiger partial charge in [-0.2, -0.15) is 21.4 Å². The quantitative estimate of drug-likeness (QED) is 0.0202. The van der Waals surface area contributed by atoms with E-state index in [1.54, 1.807) is 18.2 Å². The summed E-state index contributed by atoms with van der Waals surface area (Å²) in [5, 5.41) is 23.9. The zero-order valence-electron chi connectivity index (χ0n) is 42.9. The average Bonchev–Trinajstić information content (AvgIpc) is 3.95. The van der Waals surface area contributed by atoms with Crippen LogP contribution in [0.5, 0.6) is 0 Å². The monoisotopic (exact) mass is 1050 g/mol. The van der Waals surface area contributed by atoms with E-state index in [0.29, 0.717) is 37.4 Å². The summed E-state index contributed by atoms with van der Waals surface area (Å²) < 4.78 is 74.6. The highest BCUT2D eigenvalue weighted by molar-refractivity contribution is 7.86. The average molecular weight is 1060 g/mol. The number of hydrogen-bond donors (Lipinski definition) is 6. The van der Waals surface area contributed by atoms with E-state index in [4.69, 9.17) is 4.65 Å². The molecule has 0 saturated heterocycles. The van der Waals surface area contributed by atoms with E-state index < -0.39 is 38.2 Å². The molecule has 0 spiro atoms. The Kier molecular flexibility index (Phi) is 15.4. The molecule has 4 aliphatic rings. The highest BCUT2D eigenvalue weighted by atomic mass is 32.2. The van der Waals surface area contributed by atoms with Crippen LogP contribution in [0, 0.1) is 0 Å². The number of fused-ring (bicyclic) bond motifs is 7. The first-order valence-electron chi connectivity index (χ1n) is 25.6. The summed E-state index contributed by atoms with van der Waals surface area (Å²) >= 11 is 0. The fraction of sp³-hybridized carbons (Fsp3) is 0.351. The SMILES string of the molecule is CC1(C)C(=CC=C2CCCC(C=CC3=[N+](CCCS(=O)(=O)O)c4ccc5ccccc5c4C3(C)C)=C2NCCNC(=O)CCC(=O)Nc2ccc3c(c2)B(O)OC3)N(CCCS(=O)(=O)O)c2ccc3ccccc3c21. The second kappa shape index (κ2) is 21.7. The number of carbonyl (C=O) groups excluding carboxylic acids is 2. The summed E-state index contributed by atoms with van der Waals surface area (Å²) in [6.07, 6.45) is 11.2. The van der Waals surface area contributed by atoms with E-state index in [1.807, 2.05) is 24.3 Å². The zero-order chi connectivity index (χ0) is 53.3. The van der Waals surface area contributed by atoms with Crippen molar-refractivity contribution in [2.24, 2.45) is 0 Å². The third-order valence-corrected chi connectivity index (χ3v) is 16.5. The molecular weight excluding hydrogens is 990 g/mol. The van der Waals surface area contributed by atoms with Crippen LogP contribution in [0.15, 0.2) is 138 Å². The number of amides is 2. The van der Waals surface area contributed by atoms with E-state index in [9.17, 15) is 40.6 Å². The van der Waals surface area contributed by atoms with Gasteiger partial charge in [0.05, 0.1) is 23.5 Å². The van der Waals surface area contributed by atoms with Crippen molar-refractivity contribution in [1.29, 1.82) is 0 Å². The van der Waals surface area contributed by atoms with Crippen LogP contribution in [-0.4, -0.2) is 97.9 Å². The van der Waals surface area contributed by atoms with Crippen LogP contribution in [0.3, 0.4) is 0 Å². The predicted octanol–water partition coefficient (Wildman–Crippen LogP) is 7.87. The van der Waals surface area contributed by atoms with Gasteiger partial charge < -0.3 is 30.5 Å². The van der Waals surface area contributed by atoms with Gasteiger partial charge in [-0.05, 0) is 119 Å². The van der Waals surface area contributed by atoms with Gasteiger partial charge in [0.25, 0.3) is 20.2 Å². The van der Waals surface area contributed by atoms with Gasteiger partial charge in [0.2, 0.25) is 17.5 Å². The Hall–Kier alpha value is -6.41. The third-order valence-electron chi connectivity index (χ3n) is 14.9. The Morgan fingerprint density at radius 1 is 0.773 bits per heavy atom. The molecule has 3 aliphatic heterocycles. The maximum absolute atomic E-state index is 13.2. The molecule has 0 aromatic heterocycles. The predicted molar refractivity (Wildman–Crippen MR) is 297 cm³/mol. The summed E-state index contributed by atoms with van der Waals surface area (Å²) in [6.45, 7) is 10.4. The van der Waals surface area contributed by atoms with Gasteiger partial charge in [-0.25, -0.2) is 0 Å². The first-order chi connectivity index (χ1) is 35.7. The van der Waals surface area contributed by atoms with Gasteiger partial charge in [0, 0.05) is 84.8 Å². The van der Waals surface area contributed by atoms with Gasteiger partial charge in [0.15, 0.2) is 5.71 Å². The topological polar surface area (TPSA) is 215 Å². The standard InChI is InChI=1S/C57H64BN5O10S2/c1-56(2)49(62(32-10-34-74(67,68)69)47-24-19-38-12-5-7-16-44(38)53(47)56)26-21-40-14-9-15-41(55(40)60-31-30-59-51(64)28-29-52(65)61-43-23-18-42-37-73-58(66)46(42)36-43)22-27-50-57(3,4)54-45-17-8-6-13-39(45)20-25-48(54)63(50)33-11-35-75(70,71)72/h5-8,12-13,16-27,36,66H,9-11,14-15,28-35,37H2,1-4H3,(H4,59,61,64,65,67,68,69,70,71,72)/p+1. The second-order valence-electron chi connectivity index (χ2n) is 20.8. The molecule has 5 aromatic rings. The fourth-order valence-electron chi connectivity index (χ4n) is 11.4. The number of nitrogens with zero attached hydrogens (tertiary/aromatic N) is 2. The maximum atomic E-state index is 13.2. The largest absolute Gasteiger partial charge is 0.491 e. The Balaban J connectivity index is 1.03. The van der Waals surface area contributed by atoms with Crippen LogP contribution in [0.25, 0.3) is 21.5 Å². The maximum Gasteiger partial charge on any atom is 0.491 e. The molecule has 2 amide bonds. The minimum atomic E-state index is -4.19. The van der Waals surface area contributed by atoms with Crippen LogP contribution >= 0.6 is 0 Å². The molecule has 0 unspecified atom stereocenters. The van der Waals surface area contributed by atoms with E-state index in [1.165, 1.54) is 0 Å². The molecular formula is C57H65BN5O10S2+. The molecule has 0 radical (unpaired) electrons. The smallest absolute Gasteiger partial charge is 0.423 e. The molecule has 18 heteroatoms. The van der Waals surface area contributed by atoms with E-state index >= 15 is 0 Å². The lowest BCUT2D eigenvalue weighted by Crippen LogP contribution is -2.33. The van der Waals surface area contributed by atoms with Gasteiger partial charge in [-0.1, -0.05) is 86.7 Å². The van der Waals surface area contributed by atoms with Crippen molar-refractivity contribution in [3.8, 4) is 0 Å². The van der Waals surface area contributed by atoms with Crippen molar-refractivity contribution in [2.45, 2.75) is 90.1 Å². The minimum absolute atomic E-state index is 0.0288. The van der Waals surface area contributed by atoms with Crippen LogP contribution < -0.4 is 26.3 Å². The van der Waals surface area contributed by atoms with Crippen molar-refractivity contribution in [1.82, 2.24) is 10.6 Å². The van der Waals surface area contributed by atoms with Crippen molar-refractivity contribution in [3.05, 3.63) is 155 Å². The van der Waals surface area contributed by atoms with Gasteiger partial charge >= 0.3 is 7.12 Å². The molecule has 0 bridgehead atoms.